The van der Waals surface area contributed by atoms with E-state index < -0.39 is 0 Å². The van der Waals surface area contributed by atoms with Crippen LogP contribution in [0.1, 0.15) is 61.3 Å². The first-order chi connectivity index (χ1) is 9.21. The largest absolute Gasteiger partial charge is 0.316 e. The zero-order valence-electron chi connectivity index (χ0n) is 15.0. The number of likely N-dealkylation sites (tertiary alicyclic amines) is 1. The molecule has 1 saturated heterocycles. The molecule has 0 aromatic rings. The molecule has 0 aromatic heterocycles. The molecule has 0 radical (unpaired) electrons. The maximum Gasteiger partial charge on any atom is 0.0105 e. The minimum absolute atomic E-state index is 0.486. The molecule has 1 aliphatic rings. The predicted octanol–water partition coefficient (Wildman–Crippen LogP) is 4.01. The SMILES string of the molecule is CC(C)CNCC(C)C(C)N1CCC(C(C)(C)C)CC1. The summed E-state index contributed by atoms with van der Waals surface area (Å²) in [5, 5.41) is 3.61. The van der Waals surface area contributed by atoms with Crippen molar-refractivity contribution >= 4 is 0 Å². The summed E-state index contributed by atoms with van der Waals surface area (Å²) in [6, 6.07) is 0.704. The van der Waals surface area contributed by atoms with Crippen molar-refractivity contribution in [2.24, 2.45) is 23.2 Å². The van der Waals surface area contributed by atoms with Crippen molar-refractivity contribution in [1.29, 1.82) is 0 Å². The molecule has 0 aromatic carbocycles. The number of nitrogens with one attached hydrogen (secondary N) is 1. The van der Waals surface area contributed by atoms with Gasteiger partial charge in [0.25, 0.3) is 0 Å². The van der Waals surface area contributed by atoms with E-state index in [0.29, 0.717) is 11.5 Å². The molecule has 1 N–H and O–H groups in total. The first kappa shape index (κ1) is 18.0. The Balaban J connectivity index is 2.32. The third kappa shape index (κ3) is 5.73. The van der Waals surface area contributed by atoms with Crippen LogP contribution >= 0.6 is 0 Å². The maximum atomic E-state index is 3.61. The molecular formula is C18H38N2. The van der Waals surface area contributed by atoms with Crippen LogP contribution in [0.5, 0.6) is 0 Å². The molecule has 2 heteroatoms. The van der Waals surface area contributed by atoms with Crippen LogP contribution in [0.15, 0.2) is 0 Å². The number of hydrogen-bond donors (Lipinski definition) is 1. The molecule has 1 rings (SSSR count). The molecule has 2 atom stereocenters. The Morgan fingerprint density at radius 3 is 2.00 bits per heavy atom. The van der Waals surface area contributed by atoms with Crippen LogP contribution in [0.4, 0.5) is 0 Å². The van der Waals surface area contributed by atoms with Gasteiger partial charge in [0, 0.05) is 6.04 Å². The molecule has 2 nitrogen and oxygen atoms in total. The van der Waals surface area contributed by atoms with Crippen molar-refractivity contribution in [2.75, 3.05) is 26.2 Å². The molecule has 0 aliphatic carbocycles. The van der Waals surface area contributed by atoms with E-state index in [1.54, 1.807) is 0 Å². The second kappa shape index (κ2) is 7.79. The minimum atomic E-state index is 0.486. The van der Waals surface area contributed by atoms with E-state index in [4.69, 9.17) is 0 Å². The molecule has 0 spiro atoms. The molecule has 0 saturated carbocycles. The van der Waals surface area contributed by atoms with Gasteiger partial charge < -0.3 is 10.2 Å². The Labute approximate surface area is 127 Å². The average Bonchev–Trinajstić information content (AvgIpc) is 2.36. The first-order valence-corrected chi connectivity index (χ1v) is 8.66. The van der Waals surface area contributed by atoms with Crippen LogP contribution in [-0.4, -0.2) is 37.1 Å². The van der Waals surface area contributed by atoms with E-state index in [-0.39, 0.29) is 0 Å². The molecule has 120 valence electrons. The number of piperidine rings is 1. The van der Waals surface area contributed by atoms with Crippen LogP contribution in [0.25, 0.3) is 0 Å². The van der Waals surface area contributed by atoms with Gasteiger partial charge in [0.15, 0.2) is 0 Å². The summed E-state index contributed by atoms with van der Waals surface area (Å²) < 4.78 is 0. The van der Waals surface area contributed by atoms with Gasteiger partial charge in [-0.15, -0.1) is 0 Å². The number of hydrogen-bond acceptors (Lipinski definition) is 2. The van der Waals surface area contributed by atoms with Gasteiger partial charge in [-0.3, -0.25) is 0 Å². The Morgan fingerprint density at radius 2 is 1.55 bits per heavy atom. The molecule has 20 heavy (non-hydrogen) atoms. The topological polar surface area (TPSA) is 15.3 Å². The van der Waals surface area contributed by atoms with Crippen LogP contribution in [0, 0.1) is 23.2 Å². The smallest absolute Gasteiger partial charge is 0.0105 e. The predicted molar refractivity (Wildman–Crippen MR) is 90.1 cm³/mol. The maximum absolute atomic E-state index is 3.61. The highest BCUT2D eigenvalue weighted by Gasteiger charge is 2.31. The summed E-state index contributed by atoms with van der Waals surface area (Å²) in [5.41, 5.74) is 0.486. The van der Waals surface area contributed by atoms with Gasteiger partial charge in [-0.25, -0.2) is 0 Å². The fourth-order valence-electron chi connectivity index (χ4n) is 3.30. The van der Waals surface area contributed by atoms with Gasteiger partial charge in [0.05, 0.1) is 0 Å². The Morgan fingerprint density at radius 1 is 1.00 bits per heavy atom. The zero-order valence-corrected chi connectivity index (χ0v) is 15.0. The Bertz CT molecular complexity index is 259. The fourth-order valence-corrected chi connectivity index (χ4v) is 3.30. The number of rotatable bonds is 6. The molecule has 2 unspecified atom stereocenters. The van der Waals surface area contributed by atoms with Gasteiger partial charge in [-0.1, -0.05) is 41.5 Å². The normalized spacial score (nSPS) is 22.2. The van der Waals surface area contributed by atoms with Gasteiger partial charge >= 0.3 is 0 Å². The van der Waals surface area contributed by atoms with Crippen molar-refractivity contribution in [3.63, 3.8) is 0 Å². The fraction of sp³-hybridized carbons (Fsp3) is 1.00. The summed E-state index contributed by atoms with van der Waals surface area (Å²) >= 11 is 0. The summed E-state index contributed by atoms with van der Waals surface area (Å²) in [5.74, 6) is 2.39. The summed E-state index contributed by atoms with van der Waals surface area (Å²) in [6.45, 7) is 21.4. The van der Waals surface area contributed by atoms with Crippen molar-refractivity contribution in [3.8, 4) is 0 Å². The van der Waals surface area contributed by atoms with Crippen molar-refractivity contribution in [3.05, 3.63) is 0 Å². The molecule has 1 heterocycles. The molecular weight excluding hydrogens is 244 g/mol. The summed E-state index contributed by atoms with van der Waals surface area (Å²) in [4.78, 5) is 2.71. The summed E-state index contributed by atoms with van der Waals surface area (Å²) in [6.07, 6.45) is 2.75. The average molecular weight is 283 g/mol. The lowest BCUT2D eigenvalue weighted by Crippen LogP contribution is -2.46. The van der Waals surface area contributed by atoms with E-state index >= 15 is 0 Å². The highest BCUT2D eigenvalue weighted by atomic mass is 15.2. The molecule has 0 amide bonds. The van der Waals surface area contributed by atoms with E-state index in [2.05, 4.69) is 58.7 Å². The van der Waals surface area contributed by atoms with E-state index in [1.807, 2.05) is 0 Å². The van der Waals surface area contributed by atoms with Crippen LogP contribution < -0.4 is 5.32 Å². The van der Waals surface area contributed by atoms with Crippen LogP contribution in [0.3, 0.4) is 0 Å². The number of nitrogens with zero attached hydrogens (tertiary/aromatic N) is 1. The van der Waals surface area contributed by atoms with Gasteiger partial charge in [-0.05, 0) is 69.1 Å². The highest BCUT2D eigenvalue weighted by Crippen LogP contribution is 2.35. The third-order valence-electron chi connectivity index (χ3n) is 5.17. The third-order valence-corrected chi connectivity index (χ3v) is 5.17. The lowest BCUT2D eigenvalue weighted by Gasteiger charge is -2.42. The lowest BCUT2D eigenvalue weighted by molar-refractivity contribution is 0.0696. The van der Waals surface area contributed by atoms with E-state index in [0.717, 1.165) is 30.8 Å². The molecule has 1 aliphatic heterocycles. The van der Waals surface area contributed by atoms with Crippen molar-refractivity contribution < 1.29 is 0 Å². The molecule has 0 bridgehead atoms. The van der Waals surface area contributed by atoms with Crippen molar-refractivity contribution in [2.45, 2.75) is 67.3 Å². The van der Waals surface area contributed by atoms with Crippen LogP contribution in [0.2, 0.25) is 0 Å². The van der Waals surface area contributed by atoms with E-state index in [1.165, 1.54) is 25.9 Å². The van der Waals surface area contributed by atoms with Gasteiger partial charge in [0.2, 0.25) is 0 Å². The van der Waals surface area contributed by atoms with Gasteiger partial charge in [-0.2, -0.15) is 0 Å². The highest BCUT2D eigenvalue weighted by molar-refractivity contribution is 4.84. The Kier molecular flexibility index (Phi) is 7.00. The second-order valence-electron chi connectivity index (χ2n) is 8.45. The standard InChI is InChI=1S/C18H38N2/c1-14(2)12-19-13-15(3)16(4)20-10-8-17(9-11-20)18(5,6)7/h14-17,19H,8-13H2,1-7H3. The quantitative estimate of drug-likeness (QED) is 0.791. The molecule has 1 fully saturated rings. The first-order valence-electron chi connectivity index (χ1n) is 8.66. The van der Waals surface area contributed by atoms with Crippen LogP contribution in [-0.2, 0) is 0 Å². The van der Waals surface area contributed by atoms with Crippen molar-refractivity contribution in [1.82, 2.24) is 10.2 Å². The summed E-state index contributed by atoms with van der Waals surface area (Å²) in [7, 11) is 0. The van der Waals surface area contributed by atoms with Gasteiger partial charge in [0.1, 0.15) is 0 Å². The van der Waals surface area contributed by atoms with E-state index in [9.17, 15) is 0 Å². The monoisotopic (exact) mass is 282 g/mol. The zero-order chi connectivity index (χ0) is 15.3. The Hall–Kier alpha value is -0.0800. The second-order valence-corrected chi connectivity index (χ2v) is 8.45. The minimum Gasteiger partial charge on any atom is -0.316 e. The lowest BCUT2D eigenvalue weighted by atomic mass is 9.75.